The Bertz CT molecular complexity index is 853. The van der Waals surface area contributed by atoms with Crippen molar-refractivity contribution in [1.82, 2.24) is 4.90 Å². The molecule has 0 radical (unpaired) electrons. The van der Waals surface area contributed by atoms with Gasteiger partial charge in [0.2, 0.25) is 0 Å². The van der Waals surface area contributed by atoms with Gasteiger partial charge in [-0.3, -0.25) is 4.79 Å². The Labute approximate surface area is 160 Å². The lowest BCUT2D eigenvalue weighted by atomic mass is 9.53. The van der Waals surface area contributed by atoms with Crippen LogP contribution in [0, 0.1) is 18.3 Å². The molecule has 0 spiro atoms. The van der Waals surface area contributed by atoms with Crippen molar-refractivity contribution < 1.29 is 19.0 Å². The summed E-state index contributed by atoms with van der Waals surface area (Å²) in [6.45, 7) is 1.11. The van der Waals surface area contributed by atoms with Crippen molar-refractivity contribution in [2.45, 2.75) is 30.7 Å². The number of hydrogen-bond acceptors (Lipinski definition) is 5. The summed E-state index contributed by atoms with van der Waals surface area (Å²) in [6.07, 6.45) is 9.70. The molecule has 4 rings (SSSR count). The Morgan fingerprint density at radius 2 is 2.15 bits per heavy atom. The number of rotatable bonds is 4. The van der Waals surface area contributed by atoms with Gasteiger partial charge >= 0.3 is 0 Å². The first-order valence-electron chi connectivity index (χ1n) is 9.31. The van der Waals surface area contributed by atoms with Crippen LogP contribution in [0.1, 0.15) is 24.0 Å². The van der Waals surface area contributed by atoms with Gasteiger partial charge in [-0.05, 0) is 44.1 Å². The highest BCUT2D eigenvalue weighted by molar-refractivity contribution is 5.96. The molecule has 1 fully saturated rings. The summed E-state index contributed by atoms with van der Waals surface area (Å²) in [4.78, 5) is 15.2. The largest absolute Gasteiger partial charge is 0.493 e. The molecular formula is C22H25NO4. The maximum absolute atomic E-state index is 12.8. The molecular weight excluding hydrogens is 342 g/mol. The molecule has 1 saturated heterocycles. The number of allylic oxidation sites excluding steroid dienone is 1. The van der Waals surface area contributed by atoms with Crippen LogP contribution in [0.4, 0.5) is 0 Å². The quantitative estimate of drug-likeness (QED) is 0.765. The number of ether oxygens (including phenoxy) is 3. The Kier molecular flexibility index (Phi) is 4.39. The van der Waals surface area contributed by atoms with Crippen LogP contribution in [0.25, 0.3) is 0 Å². The number of piperidine rings is 1. The summed E-state index contributed by atoms with van der Waals surface area (Å²) in [5.41, 5.74) is 2.02. The van der Waals surface area contributed by atoms with Crippen molar-refractivity contribution in [3.05, 3.63) is 35.1 Å². The van der Waals surface area contributed by atoms with Crippen molar-refractivity contribution in [2.24, 2.45) is 5.92 Å². The van der Waals surface area contributed by atoms with Crippen LogP contribution in [0.5, 0.6) is 11.5 Å². The van der Waals surface area contributed by atoms with Gasteiger partial charge in [-0.25, -0.2) is 0 Å². The molecule has 1 aromatic carbocycles. The monoisotopic (exact) mass is 367 g/mol. The second kappa shape index (κ2) is 6.61. The first-order chi connectivity index (χ1) is 13.1. The fraction of sp³-hybridized carbons (Fsp3) is 0.500. The van der Waals surface area contributed by atoms with Crippen LogP contribution in [-0.2, 0) is 21.4 Å². The molecule has 5 heteroatoms. The number of fused-ring (bicyclic) bond motifs is 1. The predicted molar refractivity (Wildman–Crippen MR) is 102 cm³/mol. The highest BCUT2D eigenvalue weighted by Crippen LogP contribution is 2.57. The number of hydrogen-bond donors (Lipinski definition) is 0. The summed E-state index contributed by atoms with van der Waals surface area (Å²) in [5.74, 6) is 4.64. The predicted octanol–water partition coefficient (Wildman–Crippen LogP) is 2.32. The molecule has 3 aliphatic rings. The van der Waals surface area contributed by atoms with Gasteiger partial charge in [0.15, 0.2) is 23.0 Å². The maximum atomic E-state index is 12.8. The van der Waals surface area contributed by atoms with Crippen molar-refractivity contribution in [2.75, 3.05) is 34.4 Å². The maximum Gasteiger partial charge on any atom is 0.197 e. The molecule has 3 atom stereocenters. The van der Waals surface area contributed by atoms with E-state index < -0.39 is 0 Å². The van der Waals surface area contributed by atoms with Crippen LogP contribution in [-0.4, -0.2) is 51.1 Å². The van der Waals surface area contributed by atoms with E-state index in [1.54, 1.807) is 14.2 Å². The number of carbonyl (C=O) groups excluding carboxylic acids is 1. The van der Waals surface area contributed by atoms with Gasteiger partial charge in [-0.2, -0.15) is 0 Å². The highest BCUT2D eigenvalue weighted by atomic mass is 16.5. The molecule has 0 N–H and O–H groups in total. The Balaban J connectivity index is 1.96. The lowest BCUT2D eigenvalue weighted by Crippen LogP contribution is -2.60. The summed E-state index contributed by atoms with van der Waals surface area (Å²) in [6, 6.07) is 4.39. The number of methoxy groups -OCH3 is 2. The minimum atomic E-state index is -0.303. The van der Waals surface area contributed by atoms with E-state index in [0.29, 0.717) is 29.7 Å². The van der Waals surface area contributed by atoms with E-state index in [0.717, 1.165) is 24.9 Å². The third kappa shape index (κ3) is 2.55. The Hall–Kier alpha value is -2.45. The van der Waals surface area contributed by atoms with Gasteiger partial charge in [0.25, 0.3) is 0 Å². The van der Waals surface area contributed by atoms with Gasteiger partial charge in [-0.15, -0.1) is 6.42 Å². The zero-order valence-electron chi connectivity index (χ0n) is 16.1. The van der Waals surface area contributed by atoms with Crippen molar-refractivity contribution in [1.29, 1.82) is 0 Å². The minimum Gasteiger partial charge on any atom is -0.493 e. The molecule has 1 aromatic rings. The van der Waals surface area contributed by atoms with E-state index in [2.05, 4.69) is 23.9 Å². The van der Waals surface area contributed by atoms with Gasteiger partial charge in [0.1, 0.15) is 6.61 Å². The van der Waals surface area contributed by atoms with E-state index in [9.17, 15) is 4.79 Å². The Morgan fingerprint density at radius 3 is 2.85 bits per heavy atom. The summed E-state index contributed by atoms with van der Waals surface area (Å²) < 4.78 is 17.0. The van der Waals surface area contributed by atoms with E-state index in [-0.39, 0.29) is 23.7 Å². The fourth-order valence-electron chi connectivity index (χ4n) is 5.27. The molecule has 1 heterocycles. The summed E-state index contributed by atoms with van der Waals surface area (Å²) in [7, 11) is 5.37. The van der Waals surface area contributed by atoms with Gasteiger partial charge in [0, 0.05) is 29.4 Å². The SMILES string of the molecule is C#CCOc1c(OC)ccc2c1[C@@]13CCN(C)[C@@H](C2)[C@H]1C=C(OC)C(=O)C3. The molecule has 0 aromatic heterocycles. The highest BCUT2D eigenvalue weighted by Gasteiger charge is 2.56. The van der Waals surface area contributed by atoms with Crippen molar-refractivity contribution in [3.63, 3.8) is 0 Å². The molecule has 27 heavy (non-hydrogen) atoms. The smallest absolute Gasteiger partial charge is 0.197 e. The zero-order chi connectivity index (χ0) is 19.2. The van der Waals surface area contributed by atoms with E-state index in [1.165, 1.54) is 5.56 Å². The molecule has 2 bridgehead atoms. The minimum absolute atomic E-state index is 0.0515. The number of carbonyl (C=O) groups is 1. The van der Waals surface area contributed by atoms with E-state index in [1.807, 2.05) is 12.1 Å². The van der Waals surface area contributed by atoms with Crippen LogP contribution in [0.3, 0.4) is 0 Å². The van der Waals surface area contributed by atoms with Crippen LogP contribution >= 0.6 is 0 Å². The first-order valence-corrected chi connectivity index (χ1v) is 9.31. The standard InChI is InChI=1S/C22H25NO4/c1-5-10-27-21-18(25-3)7-6-14-11-16-15-12-19(26-4)17(24)13-22(15,20(14)21)8-9-23(16)2/h1,6-7,12,15-16H,8-11,13H2,2-4H3/t15-,16+,22-/m1/s1. The van der Waals surface area contributed by atoms with E-state index >= 15 is 0 Å². The average Bonchev–Trinajstić information content (AvgIpc) is 2.68. The zero-order valence-corrected chi connectivity index (χ0v) is 16.1. The number of likely N-dealkylation sites (tertiary alicyclic amines) is 1. The number of nitrogens with zero attached hydrogens (tertiary/aromatic N) is 1. The topological polar surface area (TPSA) is 48.0 Å². The first kappa shape index (κ1) is 17.9. The van der Waals surface area contributed by atoms with Gasteiger partial charge < -0.3 is 19.1 Å². The number of likely N-dealkylation sites (N-methyl/N-ethyl adjacent to an activating group) is 1. The van der Waals surface area contributed by atoms with Crippen molar-refractivity contribution >= 4 is 5.78 Å². The van der Waals surface area contributed by atoms with Crippen LogP contribution in [0.15, 0.2) is 24.0 Å². The molecule has 142 valence electrons. The number of terminal acetylenes is 1. The van der Waals surface area contributed by atoms with Gasteiger partial charge in [0.05, 0.1) is 14.2 Å². The second-order valence-electron chi connectivity index (χ2n) is 7.64. The lowest BCUT2D eigenvalue weighted by Gasteiger charge is -2.56. The van der Waals surface area contributed by atoms with E-state index in [4.69, 9.17) is 20.6 Å². The molecule has 0 unspecified atom stereocenters. The second-order valence-corrected chi connectivity index (χ2v) is 7.64. The number of ketones is 1. The molecule has 0 saturated carbocycles. The third-order valence-electron chi connectivity index (χ3n) is 6.49. The summed E-state index contributed by atoms with van der Waals surface area (Å²) >= 11 is 0. The molecule has 5 nitrogen and oxygen atoms in total. The third-order valence-corrected chi connectivity index (χ3v) is 6.49. The molecule has 0 amide bonds. The fourth-order valence-corrected chi connectivity index (χ4v) is 5.27. The number of benzene rings is 1. The molecule has 1 aliphatic heterocycles. The normalized spacial score (nSPS) is 29.1. The van der Waals surface area contributed by atoms with Gasteiger partial charge in [-0.1, -0.05) is 12.0 Å². The Morgan fingerprint density at radius 1 is 1.33 bits per heavy atom. The average molecular weight is 367 g/mol. The van der Waals surface area contributed by atoms with Crippen molar-refractivity contribution in [3.8, 4) is 23.8 Å². The van der Waals surface area contributed by atoms with Crippen LogP contribution < -0.4 is 9.47 Å². The summed E-state index contributed by atoms with van der Waals surface area (Å²) in [5, 5.41) is 0. The number of Topliss-reactive ketones (excluding diaryl/α,β-unsaturated/α-hetero) is 1. The lowest BCUT2D eigenvalue weighted by molar-refractivity contribution is -0.122. The van der Waals surface area contributed by atoms with Crippen LogP contribution in [0.2, 0.25) is 0 Å². The molecule has 2 aliphatic carbocycles.